The van der Waals surface area contributed by atoms with Crippen LogP contribution in [0, 0.1) is 5.41 Å². The summed E-state index contributed by atoms with van der Waals surface area (Å²) in [5.41, 5.74) is 5.94. The van der Waals surface area contributed by atoms with Crippen molar-refractivity contribution >= 4 is 35.5 Å². The molecule has 5 rings (SSSR count). The summed E-state index contributed by atoms with van der Waals surface area (Å²) in [4.78, 5) is 0. The molecule has 0 radical (unpaired) electrons. The number of benzene rings is 2. The van der Waals surface area contributed by atoms with Crippen molar-refractivity contribution in [2.24, 2.45) is 5.41 Å². The van der Waals surface area contributed by atoms with Gasteiger partial charge >= 0.3 is 7.26 Å². The highest BCUT2D eigenvalue weighted by molar-refractivity contribution is 6.46. The Morgan fingerprint density at radius 3 is 2.00 bits per heavy atom. The maximum Gasteiger partial charge on any atom is 0.846 e. The minimum Gasteiger partial charge on any atom is -0.289 e. The standard InChI is InChI=1S/C25H27BFN2/c1-24(2,3)22-18-13-9-7-11-16(18)20-15-21-17-12-8-10-14-19(17)23(25(4,5)6)29(21)26(27)28(20)22/h7-15H,1-6H3/q+1. The maximum atomic E-state index is 16.5. The Kier molecular flexibility index (Phi) is 3.63. The Morgan fingerprint density at radius 2 is 1.38 bits per heavy atom. The number of fused-ring (bicyclic) bond motifs is 6. The summed E-state index contributed by atoms with van der Waals surface area (Å²) in [6.45, 7) is 13.0. The van der Waals surface area contributed by atoms with Gasteiger partial charge in [-0.2, -0.15) is 0 Å². The molecule has 0 N–H and O–H groups in total. The minimum atomic E-state index is -1.27. The monoisotopic (exact) mass is 385 g/mol. The first-order chi connectivity index (χ1) is 13.6. The van der Waals surface area contributed by atoms with Gasteiger partial charge in [-0.15, -0.1) is 0 Å². The van der Waals surface area contributed by atoms with Gasteiger partial charge in [0.1, 0.15) is 0 Å². The highest BCUT2D eigenvalue weighted by Crippen LogP contribution is 2.44. The van der Waals surface area contributed by atoms with Crippen LogP contribution in [0.2, 0.25) is 0 Å². The molecule has 1 aromatic heterocycles. The number of halogens is 1. The molecule has 3 aromatic rings. The van der Waals surface area contributed by atoms with Gasteiger partial charge in [0.05, 0.1) is 16.8 Å². The molecule has 0 bridgehead atoms. The highest BCUT2D eigenvalue weighted by atomic mass is 19.1. The third-order valence-corrected chi connectivity index (χ3v) is 6.04. The zero-order valence-corrected chi connectivity index (χ0v) is 18.0. The largest absolute Gasteiger partial charge is 0.846 e. The van der Waals surface area contributed by atoms with Crippen LogP contribution >= 0.6 is 0 Å². The summed E-state index contributed by atoms with van der Waals surface area (Å²) >= 11 is 0. The van der Waals surface area contributed by atoms with E-state index in [9.17, 15) is 0 Å². The van der Waals surface area contributed by atoms with E-state index in [1.807, 2.05) is 33.2 Å². The second-order valence-electron chi connectivity index (χ2n) is 10.3. The number of hydrogen-bond acceptors (Lipinski definition) is 0. The molecule has 146 valence electrons. The molecule has 4 heteroatoms. The number of nitrogens with zero attached hydrogens (tertiary/aromatic N) is 2. The second-order valence-corrected chi connectivity index (χ2v) is 10.3. The minimum absolute atomic E-state index is 0.179. The molecule has 0 fully saturated rings. The molecule has 0 amide bonds. The number of aromatic nitrogens is 1. The summed E-state index contributed by atoms with van der Waals surface area (Å²) in [7, 11) is -1.27. The van der Waals surface area contributed by atoms with Crippen LogP contribution in [-0.4, -0.2) is 21.9 Å². The first kappa shape index (κ1) is 18.4. The Labute approximate surface area is 172 Å². The topological polar surface area (TPSA) is 7.94 Å². The SMILES string of the molecule is CC(C)(C)C1=[N+]2B(F)n3c(c4ccccc4c3C(C)(C)C)C=C2c2ccccc21. The Morgan fingerprint density at radius 1 is 0.793 bits per heavy atom. The van der Waals surface area contributed by atoms with Crippen molar-refractivity contribution in [2.45, 2.75) is 47.0 Å². The van der Waals surface area contributed by atoms with Gasteiger partial charge < -0.3 is 0 Å². The molecule has 0 unspecified atom stereocenters. The Hall–Kier alpha value is -2.62. The van der Waals surface area contributed by atoms with Crippen molar-refractivity contribution in [3.8, 4) is 0 Å². The van der Waals surface area contributed by atoms with Crippen LogP contribution in [-0.2, 0) is 5.41 Å². The lowest BCUT2D eigenvalue weighted by Gasteiger charge is -2.25. The van der Waals surface area contributed by atoms with Crippen molar-refractivity contribution in [2.75, 3.05) is 0 Å². The van der Waals surface area contributed by atoms with Gasteiger partial charge in [0.25, 0.3) is 0 Å². The molecule has 2 aromatic carbocycles. The van der Waals surface area contributed by atoms with Gasteiger partial charge in [-0.3, -0.25) is 4.48 Å². The van der Waals surface area contributed by atoms with Gasteiger partial charge in [-0.25, -0.2) is 8.80 Å². The lowest BCUT2D eigenvalue weighted by atomic mass is 9.83. The summed E-state index contributed by atoms with van der Waals surface area (Å²) in [5, 5.41) is 2.26. The van der Waals surface area contributed by atoms with E-state index in [2.05, 4.69) is 71.9 Å². The summed E-state index contributed by atoms with van der Waals surface area (Å²) in [5.74, 6) is 0. The van der Waals surface area contributed by atoms with Crippen molar-refractivity contribution in [1.29, 1.82) is 0 Å². The Bertz CT molecular complexity index is 1230. The van der Waals surface area contributed by atoms with Crippen LogP contribution in [0.3, 0.4) is 0 Å². The molecule has 0 aliphatic carbocycles. The predicted octanol–water partition coefficient (Wildman–Crippen LogP) is 6.11. The lowest BCUT2D eigenvalue weighted by molar-refractivity contribution is -0.294. The summed E-state index contributed by atoms with van der Waals surface area (Å²) in [6, 6.07) is 16.7. The predicted molar refractivity (Wildman–Crippen MR) is 121 cm³/mol. The molecular formula is C25H27BFN2+. The molecule has 2 aliphatic heterocycles. The lowest BCUT2D eigenvalue weighted by Crippen LogP contribution is -2.43. The third-order valence-electron chi connectivity index (χ3n) is 6.04. The van der Waals surface area contributed by atoms with E-state index in [4.69, 9.17) is 0 Å². The van der Waals surface area contributed by atoms with Crippen LogP contribution < -0.4 is 0 Å². The van der Waals surface area contributed by atoms with E-state index >= 15 is 4.32 Å². The van der Waals surface area contributed by atoms with Gasteiger partial charge in [-0.1, -0.05) is 77.9 Å². The van der Waals surface area contributed by atoms with Crippen LogP contribution in [0.4, 0.5) is 4.32 Å². The van der Waals surface area contributed by atoms with Crippen LogP contribution in [0.5, 0.6) is 0 Å². The van der Waals surface area contributed by atoms with Gasteiger partial charge in [0.2, 0.25) is 0 Å². The van der Waals surface area contributed by atoms with Crippen molar-refractivity contribution in [1.82, 2.24) is 4.48 Å². The molecule has 2 nitrogen and oxygen atoms in total. The normalized spacial score (nSPS) is 16.1. The molecule has 29 heavy (non-hydrogen) atoms. The molecule has 0 spiro atoms. The molecular weight excluding hydrogens is 358 g/mol. The number of hydrogen-bond donors (Lipinski definition) is 0. The summed E-state index contributed by atoms with van der Waals surface area (Å²) in [6.07, 6.45) is 2.19. The second kappa shape index (κ2) is 5.72. The fourth-order valence-corrected chi connectivity index (χ4v) is 5.10. The van der Waals surface area contributed by atoms with E-state index < -0.39 is 7.26 Å². The number of rotatable bonds is 0. The van der Waals surface area contributed by atoms with E-state index in [0.717, 1.165) is 44.7 Å². The van der Waals surface area contributed by atoms with E-state index in [1.165, 1.54) is 0 Å². The molecule has 2 aliphatic rings. The first-order valence-corrected chi connectivity index (χ1v) is 10.4. The van der Waals surface area contributed by atoms with Crippen LogP contribution in [0.15, 0.2) is 48.5 Å². The zero-order valence-electron chi connectivity index (χ0n) is 18.0. The first-order valence-electron chi connectivity index (χ1n) is 10.4. The van der Waals surface area contributed by atoms with E-state index in [1.54, 1.807) is 0 Å². The third kappa shape index (κ3) is 2.44. The van der Waals surface area contributed by atoms with Gasteiger partial charge in [-0.05, 0) is 12.1 Å². The summed E-state index contributed by atoms with van der Waals surface area (Å²) < 4.78 is 20.4. The zero-order chi connectivity index (χ0) is 20.7. The smallest absolute Gasteiger partial charge is 0.289 e. The van der Waals surface area contributed by atoms with E-state index in [-0.39, 0.29) is 10.8 Å². The average molecular weight is 385 g/mol. The van der Waals surface area contributed by atoms with Crippen LogP contribution in [0.1, 0.15) is 64.1 Å². The fourth-order valence-electron chi connectivity index (χ4n) is 5.10. The van der Waals surface area contributed by atoms with Crippen molar-refractivity contribution in [3.63, 3.8) is 0 Å². The molecule has 0 saturated carbocycles. The van der Waals surface area contributed by atoms with E-state index in [0.29, 0.717) is 0 Å². The molecule has 0 saturated heterocycles. The highest BCUT2D eigenvalue weighted by Gasteiger charge is 2.54. The van der Waals surface area contributed by atoms with Crippen molar-refractivity contribution in [3.05, 3.63) is 71.0 Å². The average Bonchev–Trinajstić information content (AvgIpc) is 3.16. The fraction of sp³-hybridized carbons (Fsp3) is 0.320. The molecule has 3 heterocycles. The Balaban J connectivity index is 1.94. The van der Waals surface area contributed by atoms with Gasteiger partial charge in [0.15, 0.2) is 11.4 Å². The maximum absolute atomic E-state index is 16.5. The molecule has 0 atom stereocenters. The van der Waals surface area contributed by atoms with Crippen molar-refractivity contribution < 1.29 is 8.80 Å². The van der Waals surface area contributed by atoms with Gasteiger partial charge in [0, 0.05) is 33.4 Å². The quantitative estimate of drug-likeness (QED) is 0.412. The van der Waals surface area contributed by atoms with Crippen LogP contribution in [0.25, 0.3) is 22.5 Å².